The summed E-state index contributed by atoms with van der Waals surface area (Å²) in [5, 5.41) is 12.8. The summed E-state index contributed by atoms with van der Waals surface area (Å²) in [7, 11) is 0. The van der Waals surface area contributed by atoms with Crippen LogP contribution in [-0.4, -0.2) is 27.0 Å². The first-order valence-corrected chi connectivity index (χ1v) is 7.03. The van der Waals surface area contributed by atoms with Gasteiger partial charge in [0.25, 0.3) is 5.91 Å². The number of halogens is 2. The Labute approximate surface area is 132 Å². The second kappa shape index (κ2) is 6.78. The maximum absolute atomic E-state index is 13.2. The molecule has 0 saturated heterocycles. The summed E-state index contributed by atoms with van der Waals surface area (Å²) >= 11 is 0. The fraction of sp³-hybridized carbons (Fsp3) is 0.312. The molecule has 2 unspecified atom stereocenters. The number of rotatable bonds is 4. The number of hydrogen-bond donors (Lipinski definition) is 2. The smallest absolute Gasteiger partial charge is 0.255 e. The Balaban J connectivity index is 2.12. The quantitative estimate of drug-likeness (QED) is 0.905. The third-order valence-corrected chi connectivity index (χ3v) is 3.46. The van der Waals surface area contributed by atoms with Crippen LogP contribution in [0, 0.1) is 25.5 Å². The molecule has 2 aromatic rings. The number of benzene rings is 1. The summed E-state index contributed by atoms with van der Waals surface area (Å²) < 4.78 is 26.2. The molecule has 5 nitrogen and oxygen atoms in total. The van der Waals surface area contributed by atoms with Crippen LogP contribution in [-0.2, 0) is 0 Å². The van der Waals surface area contributed by atoms with Gasteiger partial charge >= 0.3 is 0 Å². The van der Waals surface area contributed by atoms with Crippen molar-refractivity contribution in [2.75, 3.05) is 0 Å². The van der Waals surface area contributed by atoms with Crippen LogP contribution in [0.2, 0.25) is 0 Å². The van der Waals surface area contributed by atoms with Gasteiger partial charge in [0.05, 0.1) is 23.4 Å². The fourth-order valence-electron chi connectivity index (χ4n) is 2.15. The molecule has 2 N–H and O–H groups in total. The summed E-state index contributed by atoms with van der Waals surface area (Å²) in [5.41, 5.74) is 0.984. The van der Waals surface area contributed by atoms with E-state index in [9.17, 15) is 18.7 Å². The lowest BCUT2D eigenvalue weighted by molar-refractivity contribution is 0.0850. The number of aromatic nitrogens is 2. The van der Waals surface area contributed by atoms with Crippen molar-refractivity contribution in [1.29, 1.82) is 0 Å². The molecule has 2 rings (SSSR count). The summed E-state index contributed by atoms with van der Waals surface area (Å²) in [4.78, 5) is 20.3. The molecule has 23 heavy (non-hydrogen) atoms. The van der Waals surface area contributed by atoms with Gasteiger partial charge in [0.1, 0.15) is 5.82 Å². The Morgan fingerprint density at radius 1 is 1.26 bits per heavy atom. The lowest BCUT2D eigenvalue weighted by atomic mass is 10.0. The molecule has 0 fully saturated rings. The molecule has 0 spiro atoms. The minimum atomic E-state index is -1.18. The molecule has 1 amide bonds. The second-order valence-corrected chi connectivity index (χ2v) is 5.30. The highest BCUT2D eigenvalue weighted by Crippen LogP contribution is 2.19. The van der Waals surface area contributed by atoms with E-state index in [1.165, 1.54) is 12.3 Å². The molecule has 0 aliphatic carbocycles. The highest BCUT2D eigenvalue weighted by Gasteiger charge is 2.21. The normalized spacial score (nSPS) is 13.5. The average Bonchev–Trinajstić information content (AvgIpc) is 2.49. The number of aryl methyl sites for hydroxylation is 2. The summed E-state index contributed by atoms with van der Waals surface area (Å²) in [6, 6.07) is 2.39. The van der Waals surface area contributed by atoms with Gasteiger partial charge in [0.15, 0.2) is 11.6 Å². The molecule has 0 saturated carbocycles. The Kier molecular flexibility index (Phi) is 5.00. The molecule has 0 aliphatic heterocycles. The van der Waals surface area contributed by atoms with Crippen LogP contribution in [0.15, 0.2) is 24.4 Å². The van der Waals surface area contributed by atoms with Crippen molar-refractivity contribution in [3.8, 4) is 0 Å². The van der Waals surface area contributed by atoms with Gasteiger partial charge in [-0.2, -0.15) is 0 Å². The highest BCUT2D eigenvalue weighted by atomic mass is 19.2. The van der Waals surface area contributed by atoms with Crippen LogP contribution in [0.5, 0.6) is 0 Å². The van der Waals surface area contributed by atoms with Gasteiger partial charge in [0.2, 0.25) is 0 Å². The molecule has 7 heteroatoms. The number of aliphatic hydroxyl groups is 1. The minimum Gasteiger partial charge on any atom is -0.386 e. The van der Waals surface area contributed by atoms with Gasteiger partial charge in [-0.1, -0.05) is 6.07 Å². The second-order valence-electron chi connectivity index (χ2n) is 5.30. The molecule has 1 heterocycles. The minimum absolute atomic E-state index is 0.175. The number of hydrogen-bond acceptors (Lipinski definition) is 4. The first kappa shape index (κ1) is 17.0. The largest absolute Gasteiger partial charge is 0.386 e. The third kappa shape index (κ3) is 3.87. The fourth-order valence-corrected chi connectivity index (χ4v) is 2.15. The Morgan fingerprint density at radius 3 is 2.57 bits per heavy atom. The van der Waals surface area contributed by atoms with E-state index in [2.05, 4.69) is 15.3 Å². The van der Waals surface area contributed by atoms with Crippen molar-refractivity contribution >= 4 is 5.91 Å². The van der Waals surface area contributed by atoms with E-state index >= 15 is 0 Å². The SMILES string of the molecule is Cc1ncc(C(=O)NC(C)C(O)c2ccc(F)c(F)c2)c(C)n1. The maximum atomic E-state index is 13.2. The van der Waals surface area contributed by atoms with Crippen LogP contribution < -0.4 is 5.32 Å². The maximum Gasteiger partial charge on any atom is 0.255 e. The molecule has 2 atom stereocenters. The van der Waals surface area contributed by atoms with E-state index < -0.39 is 29.7 Å². The van der Waals surface area contributed by atoms with Crippen LogP contribution in [0.3, 0.4) is 0 Å². The first-order valence-electron chi connectivity index (χ1n) is 7.03. The van der Waals surface area contributed by atoms with Gasteiger partial charge in [-0.05, 0) is 38.5 Å². The van der Waals surface area contributed by atoms with E-state index in [4.69, 9.17) is 0 Å². The third-order valence-electron chi connectivity index (χ3n) is 3.46. The van der Waals surface area contributed by atoms with Crippen LogP contribution >= 0.6 is 0 Å². The molecule has 1 aromatic carbocycles. The number of aliphatic hydroxyl groups excluding tert-OH is 1. The Hall–Kier alpha value is -2.41. The molecular formula is C16H17F2N3O2. The van der Waals surface area contributed by atoms with Crippen molar-refractivity contribution in [3.05, 3.63) is 58.7 Å². The lowest BCUT2D eigenvalue weighted by Gasteiger charge is -2.21. The number of carbonyl (C=O) groups is 1. The Bertz CT molecular complexity index is 737. The zero-order valence-corrected chi connectivity index (χ0v) is 13.0. The van der Waals surface area contributed by atoms with Gasteiger partial charge in [-0.25, -0.2) is 18.7 Å². The van der Waals surface area contributed by atoms with Crippen molar-refractivity contribution in [2.45, 2.75) is 32.9 Å². The van der Waals surface area contributed by atoms with Gasteiger partial charge in [-0.15, -0.1) is 0 Å². The van der Waals surface area contributed by atoms with E-state index in [0.29, 0.717) is 17.1 Å². The summed E-state index contributed by atoms with van der Waals surface area (Å²) in [5.74, 6) is -1.95. The summed E-state index contributed by atoms with van der Waals surface area (Å²) in [6.07, 6.45) is 0.227. The predicted octanol–water partition coefficient (Wildman–Crippen LogP) is 2.22. The van der Waals surface area contributed by atoms with Crippen molar-refractivity contribution in [2.24, 2.45) is 0 Å². The van der Waals surface area contributed by atoms with Gasteiger partial charge < -0.3 is 10.4 Å². The molecule has 0 bridgehead atoms. The van der Waals surface area contributed by atoms with E-state index in [-0.39, 0.29) is 5.56 Å². The van der Waals surface area contributed by atoms with Crippen molar-refractivity contribution in [1.82, 2.24) is 15.3 Å². The van der Waals surface area contributed by atoms with Crippen molar-refractivity contribution < 1.29 is 18.7 Å². The standard InChI is InChI=1S/C16H17F2N3O2/c1-8-12(7-19-10(3)20-8)16(23)21-9(2)15(22)11-4-5-13(17)14(18)6-11/h4-7,9,15,22H,1-3H3,(H,21,23). The van der Waals surface area contributed by atoms with Gasteiger partial charge in [0, 0.05) is 6.20 Å². The van der Waals surface area contributed by atoms with E-state index in [1.807, 2.05) is 0 Å². The number of carbonyl (C=O) groups excluding carboxylic acids is 1. The van der Waals surface area contributed by atoms with Crippen LogP contribution in [0.4, 0.5) is 8.78 Å². The molecule has 0 radical (unpaired) electrons. The van der Waals surface area contributed by atoms with Crippen LogP contribution in [0.25, 0.3) is 0 Å². The molecular weight excluding hydrogens is 304 g/mol. The Morgan fingerprint density at radius 2 is 1.96 bits per heavy atom. The average molecular weight is 321 g/mol. The lowest BCUT2D eigenvalue weighted by Crippen LogP contribution is -2.37. The van der Waals surface area contributed by atoms with E-state index in [1.54, 1.807) is 20.8 Å². The summed E-state index contributed by atoms with van der Waals surface area (Å²) in [6.45, 7) is 4.96. The number of nitrogens with one attached hydrogen (secondary N) is 1. The molecule has 0 aliphatic rings. The highest BCUT2D eigenvalue weighted by molar-refractivity contribution is 5.95. The topological polar surface area (TPSA) is 75.1 Å². The molecule has 1 aromatic heterocycles. The van der Waals surface area contributed by atoms with E-state index in [0.717, 1.165) is 12.1 Å². The van der Waals surface area contributed by atoms with Crippen LogP contribution in [0.1, 0.15) is 40.5 Å². The van der Waals surface area contributed by atoms with Crippen molar-refractivity contribution in [3.63, 3.8) is 0 Å². The number of amides is 1. The zero-order chi connectivity index (χ0) is 17.1. The zero-order valence-electron chi connectivity index (χ0n) is 13.0. The molecule has 122 valence electrons. The number of nitrogens with zero attached hydrogens (tertiary/aromatic N) is 2. The monoisotopic (exact) mass is 321 g/mol. The predicted molar refractivity (Wildman–Crippen MR) is 79.8 cm³/mol. The van der Waals surface area contributed by atoms with Gasteiger partial charge in [-0.3, -0.25) is 4.79 Å². The first-order chi connectivity index (χ1) is 10.8.